The summed E-state index contributed by atoms with van der Waals surface area (Å²) in [6.07, 6.45) is 0. The van der Waals surface area contributed by atoms with E-state index >= 15 is 0 Å². The van der Waals surface area contributed by atoms with Gasteiger partial charge < -0.3 is 5.32 Å². The lowest BCUT2D eigenvalue weighted by Crippen LogP contribution is -2.00. The Morgan fingerprint density at radius 2 is 1.45 bits per heavy atom. The van der Waals surface area contributed by atoms with Crippen molar-refractivity contribution in [3.05, 3.63) is 76.3 Å². The van der Waals surface area contributed by atoms with Crippen molar-refractivity contribution in [2.24, 2.45) is 0 Å². The largest absolute Gasteiger partial charge is 0.381 e. The van der Waals surface area contributed by atoms with Crippen molar-refractivity contribution in [2.75, 3.05) is 5.32 Å². The minimum Gasteiger partial charge on any atom is -0.381 e. The summed E-state index contributed by atoms with van der Waals surface area (Å²) in [4.78, 5) is 0. The summed E-state index contributed by atoms with van der Waals surface area (Å²) >= 11 is 12.3. The van der Waals surface area contributed by atoms with Crippen molar-refractivity contribution < 1.29 is 0 Å². The molecule has 20 heavy (non-hydrogen) atoms. The fourth-order valence-electron chi connectivity index (χ4n) is 2.19. The molecule has 100 valence electrons. The van der Waals surface area contributed by atoms with Crippen molar-refractivity contribution in [3.8, 4) is 0 Å². The molecule has 0 bridgehead atoms. The summed E-state index contributed by atoms with van der Waals surface area (Å²) in [5, 5.41) is 7.18. The van der Waals surface area contributed by atoms with Crippen LogP contribution in [0.3, 0.4) is 0 Å². The van der Waals surface area contributed by atoms with Crippen LogP contribution in [0, 0.1) is 0 Å². The number of anilines is 1. The molecule has 0 fully saturated rings. The lowest BCUT2D eigenvalue weighted by molar-refractivity contribution is 1.15. The van der Waals surface area contributed by atoms with Crippen LogP contribution < -0.4 is 5.32 Å². The summed E-state index contributed by atoms with van der Waals surface area (Å²) in [6.45, 7) is 0.608. The highest BCUT2D eigenvalue weighted by molar-refractivity contribution is 6.36. The number of halogens is 2. The van der Waals surface area contributed by atoms with E-state index in [1.165, 1.54) is 10.8 Å². The Morgan fingerprint density at radius 1 is 0.750 bits per heavy atom. The van der Waals surface area contributed by atoms with Crippen LogP contribution in [-0.2, 0) is 6.54 Å². The molecule has 0 unspecified atom stereocenters. The van der Waals surface area contributed by atoms with Crippen LogP contribution in [-0.4, -0.2) is 0 Å². The van der Waals surface area contributed by atoms with Crippen LogP contribution in [0.4, 0.5) is 5.69 Å². The van der Waals surface area contributed by atoms with E-state index in [0.29, 0.717) is 16.6 Å². The maximum absolute atomic E-state index is 6.17. The third kappa shape index (κ3) is 2.74. The molecule has 1 nitrogen and oxygen atoms in total. The molecule has 0 spiro atoms. The van der Waals surface area contributed by atoms with E-state index in [1.807, 2.05) is 30.3 Å². The molecule has 0 aliphatic heterocycles. The quantitative estimate of drug-likeness (QED) is 0.648. The maximum atomic E-state index is 6.17. The van der Waals surface area contributed by atoms with E-state index in [0.717, 1.165) is 11.3 Å². The number of rotatable bonds is 3. The van der Waals surface area contributed by atoms with Crippen LogP contribution >= 0.6 is 23.2 Å². The smallest absolute Gasteiger partial charge is 0.0470 e. The molecule has 3 aromatic carbocycles. The Kier molecular flexibility index (Phi) is 3.81. The molecule has 0 amide bonds. The third-order valence-corrected chi connectivity index (χ3v) is 3.99. The first kappa shape index (κ1) is 13.3. The van der Waals surface area contributed by atoms with Gasteiger partial charge in [-0.25, -0.2) is 0 Å². The predicted molar refractivity (Wildman–Crippen MR) is 87.7 cm³/mol. The topological polar surface area (TPSA) is 12.0 Å². The molecule has 1 N–H and O–H groups in total. The van der Waals surface area contributed by atoms with E-state index in [1.54, 1.807) is 0 Å². The van der Waals surface area contributed by atoms with Gasteiger partial charge in [-0.3, -0.25) is 0 Å². The zero-order valence-electron chi connectivity index (χ0n) is 10.7. The van der Waals surface area contributed by atoms with Crippen LogP contribution in [0.2, 0.25) is 10.0 Å². The van der Waals surface area contributed by atoms with Gasteiger partial charge in [0.1, 0.15) is 0 Å². The highest BCUT2D eigenvalue weighted by Gasteiger charge is 2.05. The molecule has 0 radical (unpaired) electrons. The molecular weight excluding hydrogens is 289 g/mol. The second-order valence-corrected chi connectivity index (χ2v) is 5.43. The Labute approximate surface area is 128 Å². The molecule has 0 aromatic heterocycles. The summed E-state index contributed by atoms with van der Waals surface area (Å²) < 4.78 is 0. The van der Waals surface area contributed by atoms with Crippen molar-refractivity contribution in [1.82, 2.24) is 0 Å². The fourth-order valence-corrected chi connectivity index (χ4v) is 2.72. The summed E-state index contributed by atoms with van der Waals surface area (Å²) in [6, 6.07) is 20.1. The normalized spacial score (nSPS) is 10.7. The van der Waals surface area contributed by atoms with Crippen LogP contribution in [0.15, 0.2) is 60.7 Å². The first-order valence-electron chi connectivity index (χ1n) is 6.39. The van der Waals surface area contributed by atoms with Gasteiger partial charge in [0, 0.05) is 27.8 Å². The second-order valence-electron chi connectivity index (χ2n) is 4.62. The van der Waals surface area contributed by atoms with Crippen molar-refractivity contribution in [3.63, 3.8) is 0 Å². The molecule has 3 rings (SSSR count). The highest BCUT2D eigenvalue weighted by atomic mass is 35.5. The Balaban J connectivity index is 1.83. The summed E-state index contributed by atoms with van der Waals surface area (Å²) in [5.41, 5.74) is 1.98. The molecule has 0 saturated heterocycles. The zero-order chi connectivity index (χ0) is 13.9. The molecule has 0 aliphatic carbocycles. The first-order chi connectivity index (χ1) is 9.74. The third-order valence-electron chi connectivity index (χ3n) is 3.28. The molecule has 0 aliphatic rings. The summed E-state index contributed by atoms with van der Waals surface area (Å²) in [7, 11) is 0. The molecule has 0 heterocycles. The molecule has 0 atom stereocenters. The standard InChI is InChI=1S/C17H13Cl2N/c18-16-6-3-7-17(19)15(16)11-20-14-9-8-12-4-1-2-5-13(12)10-14/h1-10,20H,11H2. The van der Waals surface area contributed by atoms with Gasteiger partial charge in [-0.2, -0.15) is 0 Å². The lowest BCUT2D eigenvalue weighted by Gasteiger charge is -2.10. The lowest BCUT2D eigenvalue weighted by atomic mass is 10.1. The molecule has 3 aromatic rings. The number of fused-ring (bicyclic) bond motifs is 1. The molecular formula is C17H13Cl2N. The van der Waals surface area contributed by atoms with Gasteiger partial charge >= 0.3 is 0 Å². The average Bonchev–Trinajstić information content (AvgIpc) is 2.46. The van der Waals surface area contributed by atoms with E-state index in [2.05, 4.69) is 35.6 Å². The Hall–Kier alpha value is -1.70. The number of benzene rings is 3. The van der Waals surface area contributed by atoms with Crippen molar-refractivity contribution in [1.29, 1.82) is 0 Å². The fraction of sp³-hybridized carbons (Fsp3) is 0.0588. The molecule has 0 saturated carbocycles. The Morgan fingerprint density at radius 3 is 2.20 bits per heavy atom. The van der Waals surface area contributed by atoms with Gasteiger partial charge in [-0.15, -0.1) is 0 Å². The van der Waals surface area contributed by atoms with Gasteiger partial charge in [-0.05, 0) is 35.0 Å². The van der Waals surface area contributed by atoms with Crippen molar-refractivity contribution in [2.45, 2.75) is 6.54 Å². The zero-order valence-corrected chi connectivity index (χ0v) is 12.2. The monoisotopic (exact) mass is 301 g/mol. The van der Waals surface area contributed by atoms with Gasteiger partial charge in [-0.1, -0.05) is 59.6 Å². The molecule has 3 heteroatoms. The summed E-state index contributed by atoms with van der Waals surface area (Å²) in [5.74, 6) is 0. The average molecular weight is 302 g/mol. The van der Waals surface area contributed by atoms with E-state index in [4.69, 9.17) is 23.2 Å². The van der Waals surface area contributed by atoms with Gasteiger partial charge in [0.2, 0.25) is 0 Å². The van der Waals surface area contributed by atoms with Gasteiger partial charge in [0.15, 0.2) is 0 Å². The van der Waals surface area contributed by atoms with Crippen LogP contribution in [0.1, 0.15) is 5.56 Å². The van der Waals surface area contributed by atoms with Gasteiger partial charge in [0.25, 0.3) is 0 Å². The second kappa shape index (κ2) is 5.74. The van der Waals surface area contributed by atoms with Crippen LogP contribution in [0.5, 0.6) is 0 Å². The highest BCUT2D eigenvalue weighted by Crippen LogP contribution is 2.26. The van der Waals surface area contributed by atoms with E-state index in [9.17, 15) is 0 Å². The van der Waals surface area contributed by atoms with Gasteiger partial charge in [0.05, 0.1) is 0 Å². The van der Waals surface area contributed by atoms with E-state index < -0.39 is 0 Å². The maximum Gasteiger partial charge on any atom is 0.0470 e. The van der Waals surface area contributed by atoms with E-state index in [-0.39, 0.29) is 0 Å². The minimum atomic E-state index is 0.608. The minimum absolute atomic E-state index is 0.608. The number of nitrogens with one attached hydrogen (secondary N) is 1. The first-order valence-corrected chi connectivity index (χ1v) is 7.15. The predicted octanol–water partition coefficient (Wildman–Crippen LogP) is 5.76. The number of hydrogen-bond acceptors (Lipinski definition) is 1. The number of hydrogen-bond donors (Lipinski definition) is 1. The Bertz CT molecular complexity index is 733. The van der Waals surface area contributed by atoms with Crippen LogP contribution in [0.25, 0.3) is 10.8 Å². The SMILES string of the molecule is Clc1cccc(Cl)c1CNc1ccc2ccccc2c1. The van der Waals surface area contributed by atoms with Crippen molar-refractivity contribution >= 4 is 39.7 Å².